The van der Waals surface area contributed by atoms with Gasteiger partial charge in [0.05, 0.1) is 6.54 Å². The van der Waals surface area contributed by atoms with Crippen LogP contribution in [-0.2, 0) is 12.4 Å². The van der Waals surface area contributed by atoms with Gasteiger partial charge in [0.25, 0.3) is 25.3 Å². The highest BCUT2D eigenvalue weighted by atomic mass is 32.1. The lowest BCUT2D eigenvalue weighted by Gasteiger charge is -2.26. The van der Waals surface area contributed by atoms with Gasteiger partial charge in [-0.1, -0.05) is 10.0 Å². The molecule has 0 spiro atoms. The van der Waals surface area contributed by atoms with Crippen molar-refractivity contribution in [1.82, 2.24) is 14.4 Å². The van der Waals surface area contributed by atoms with Crippen molar-refractivity contribution in [3.8, 4) is 0 Å². The number of hydrogen-bond donors (Lipinski definition) is 1. The van der Waals surface area contributed by atoms with Gasteiger partial charge in [-0.3, -0.25) is 4.40 Å². The van der Waals surface area contributed by atoms with E-state index in [1.54, 1.807) is 22.6 Å². The van der Waals surface area contributed by atoms with E-state index in [2.05, 4.69) is 15.3 Å². The number of amides is 1. The Morgan fingerprint density at radius 1 is 1.20 bits per heavy atom. The highest BCUT2D eigenvalue weighted by Crippen LogP contribution is 2.26. The Morgan fingerprint density at radius 3 is 2.57 bits per heavy atom. The molecule has 1 amide bonds. The topological polar surface area (TPSA) is 65.5 Å². The maximum atomic E-state index is 13.0. The van der Waals surface area contributed by atoms with Gasteiger partial charge in [0, 0.05) is 38.3 Å². The van der Waals surface area contributed by atoms with E-state index in [0.29, 0.717) is 35.7 Å². The first-order valence-electron chi connectivity index (χ1n) is 11.2. The van der Waals surface area contributed by atoms with Crippen molar-refractivity contribution in [3.05, 3.63) is 54.0 Å². The van der Waals surface area contributed by atoms with Gasteiger partial charge in [-0.15, -0.1) is 0 Å². The van der Waals surface area contributed by atoms with E-state index in [9.17, 15) is 22.4 Å². The van der Waals surface area contributed by atoms with Gasteiger partial charge in [-0.05, 0) is 37.1 Å². The van der Waals surface area contributed by atoms with E-state index < -0.39 is 19.4 Å². The highest BCUT2D eigenvalue weighted by molar-refractivity contribution is 7.44. The van der Waals surface area contributed by atoms with Gasteiger partial charge >= 0.3 is 5.91 Å². The summed E-state index contributed by atoms with van der Waals surface area (Å²) in [5, 5.41) is 3.40. The molecule has 3 heterocycles. The average molecular weight is 510 g/mol. The Labute approximate surface area is 204 Å². The number of rotatable bonds is 8. The van der Waals surface area contributed by atoms with Crippen molar-refractivity contribution in [2.75, 3.05) is 23.8 Å². The molecule has 3 aromatic heterocycles. The lowest BCUT2D eigenvalue weighted by Crippen LogP contribution is -2.37. The molecule has 1 aliphatic carbocycles. The van der Waals surface area contributed by atoms with Crippen LogP contribution in [0.3, 0.4) is 0 Å². The first-order valence-corrected chi connectivity index (χ1v) is 11.6. The van der Waals surface area contributed by atoms with Crippen LogP contribution in [0.15, 0.2) is 42.7 Å². The molecule has 35 heavy (non-hydrogen) atoms. The molecular formula is C23H25F4N6OS+. The maximum absolute atomic E-state index is 13.0. The number of hydrogen-bond acceptors (Lipinski definition) is 6. The maximum Gasteiger partial charge on any atom is 0.435 e. The first kappa shape index (κ1) is 25.0. The summed E-state index contributed by atoms with van der Waals surface area (Å²) in [5.74, 6) is 0.673. The van der Waals surface area contributed by atoms with Gasteiger partial charge in [-0.2, -0.15) is 0 Å². The van der Waals surface area contributed by atoms with E-state index in [1.165, 1.54) is 34.4 Å². The van der Waals surface area contributed by atoms with Crippen molar-refractivity contribution < 1.29 is 26.3 Å². The number of carbonyl (C=O) groups is 1. The molecule has 1 fully saturated rings. The SMILES string of the molecule is CN(CC(F)F)c1ccc(C(=O)[N+](=S)[C@H]2CC[C@@H](Nc3cccc4nc(C(F)F)cn34)CC2)cn1. The third kappa shape index (κ3) is 5.75. The summed E-state index contributed by atoms with van der Waals surface area (Å²) < 4.78 is 54.1. The number of anilines is 2. The number of halogens is 4. The predicted octanol–water partition coefficient (Wildman–Crippen LogP) is 4.67. The van der Waals surface area contributed by atoms with Gasteiger partial charge in [0.1, 0.15) is 28.5 Å². The summed E-state index contributed by atoms with van der Waals surface area (Å²) in [6, 6.07) is 8.28. The fourth-order valence-corrected chi connectivity index (χ4v) is 4.56. The van der Waals surface area contributed by atoms with E-state index in [0.717, 1.165) is 12.8 Å². The van der Waals surface area contributed by atoms with Crippen LogP contribution in [0.4, 0.5) is 29.2 Å². The Balaban J connectivity index is 1.34. The summed E-state index contributed by atoms with van der Waals surface area (Å²) >= 11 is 5.40. The summed E-state index contributed by atoms with van der Waals surface area (Å²) in [5.41, 5.74) is 0.476. The van der Waals surface area contributed by atoms with Crippen LogP contribution in [-0.4, -0.2) is 56.3 Å². The Morgan fingerprint density at radius 2 is 1.94 bits per heavy atom. The number of carbonyl (C=O) groups excluding carboxylic acids is 1. The quantitative estimate of drug-likeness (QED) is 0.352. The van der Waals surface area contributed by atoms with Crippen LogP contribution in [0.1, 0.15) is 48.2 Å². The van der Waals surface area contributed by atoms with E-state index in [1.807, 2.05) is 6.07 Å². The molecule has 0 unspecified atom stereocenters. The third-order valence-electron chi connectivity index (χ3n) is 6.11. The zero-order valence-electron chi connectivity index (χ0n) is 19.0. The normalized spacial score (nSPS) is 18.3. The fourth-order valence-electron chi connectivity index (χ4n) is 4.25. The second-order valence-corrected chi connectivity index (χ2v) is 8.96. The molecule has 0 aliphatic heterocycles. The number of aromatic nitrogens is 3. The minimum atomic E-state index is -2.64. The molecule has 0 atom stereocenters. The lowest BCUT2D eigenvalue weighted by molar-refractivity contribution is -0.448. The smallest absolute Gasteiger partial charge is 0.368 e. The molecule has 3 aromatic rings. The zero-order valence-corrected chi connectivity index (χ0v) is 19.8. The van der Waals surface area contributed by atoms with Crippen molar-refractivity contribution in [2.24, 2.45) is 0 Å². The monoisotopic (exact) mass is 509 g/mol. The number of pyridine rings is 2. The van der Waals surface area contributed by atoms with E-state index in [-0.39, 0.29) is 23.7 Å². The second kappa shape index (κ2) is 10.6. The molecule has 1 saturated carbocycles. The minimum Gasteiger partial charge on any atom is -0.368 e. The molecule has 186 valence electrons. The third-order valence-corrected chi connectivity index (χ3v) is 6.58. The van der Waals surface area contributed by atoms with Crippen LogP contribution in [0.2, 0.25) is 0 Å². The van der Waals surface area contributed by atoms with Crippen LogP contribution in [0.25, 0.3) is 5.65 Å². The number of nitrogens with one attached hydrogen (secondary N) is 1. The van der Waals surface area contributed by atoms with Crippen molar-refractivity contribution in [3.63, 3.8) is 0 Å². The summed E-state index contributed by atoms with van der Waals surface area (Å²) in [6.45, 7) is -0.451. The molecule has 0 bridgehead atoms. The van der Waals surface area contributed by atoms with Crippen LogP contribution >= 0.6 is 0 Å². The molecule has 4 rings (SSSR count). The number of fused-ring (bicyclic) bond motifs is 1. The Hall–Kier alpha value is -3.15. The zero-order chi connectivity index (χ0) is 25.1. The number of nitrogens with zero attached hydrogens (tertiary/aromatic N) is 5. The van der Waals surface area contributed by atoms with Gasteiger partial charge in [0.2, 0.25) is 0 Å². The van der Waals surface area contributed by atoms with Crippen molar-refractivity contribution in [1.29, 1.82) is 0 Å². The molecule has 1 N–H and O–H groups in total. The van der Waals surface area contributed by atoms with E-state index >= 15 is 0 Å². The summed E-state index contributed by atoms with van der Waals surface area (Å²) in [4.78, 5) is 22.2. The van der Waals surface area contributed by atoms with E-state index in [4.69, 9.17) is 12.4 Å². The van der Waals surface area contributed by atoms with Crippen LogP contribution in [0.5, 0.6) is 0 Å². The highest BCUT2D eigenvalue weighted by Gasteiger charge is 2.34. The second-order valence-electron chi connectivity index (χ2n) is 8.56. The van der Waals surface area contributed by atoms with Gasteiger partial charge < -0.3 is 10.2 Å². The molecule has 0 aromatic carbocycles. The molecule has 0 radical (unpaired) electrons. The summed E-state index contributed by atoms with van der Waals surface area (Å²) in [7, 11) is 1.51. The molecule has 1 aliphatic rings. The largest absolute Gasteiger partial charge is 0.435 e. The number of alkyl halides is 4. The minimum absolute atomic E-state index is 0.0964. The predicted molar refractivity (Wildman–Crippen MR) is 125 cm³/mol. The first-order chi connectivity index (χ1) is 16.7. The average Bonchev–Trinajstić information content (AvgIpc) is 3.29. The standard InChI is InChI=1S/C23H25F4N6OS/c1-31(13-18(24)25)19-10-5-14(11-28-19)23(34)33(35)16-8-6-15(7-9-16)29-20-3-2-4-21-30-17(22(26)27)12-32(20)21/h2-5,10-12,15-16,18,22,29H,6-9,13H2,1H3/q+1/t15-,16+. The molecule has 0 saturated heterocycles. The van der Waals surface area contributed by atoms with Crippen LogP contribution < -0.4 is 10.2 Å². The number of imidazole rings is 1. The lowest BCUT2D eigenvalue weighted by atomic mass is 9.91. The van der Waals surface area contributed by atoms with Crippen molar-refractivity contribution in [2.45, 2.75) is 50.6 Å². The van der Waals surface area contributed by atoms with Gasteiger partial charge in [0.15, 0.2) is 6.04 Å². The Bertz CT molecular complexity index is 1190. The Kier molecular flexibility index (Phi) is 7.58. The molecular weight excluding hydrogens is 484 g/mol. The fraction of sp³-hybridized carbons (Fsp3) is 0.435. The molecule has 12 heteroatoms. The van der Waals surface area contributed by atoms with Crippen molar-refractivity contribution >= 4 is 35.6 Å². The summed E-state index contributed by atoms with van der Waals surface area (Å²) in [6.07, 6.45) is 0.405. The van der Waals surface area contributed by atoms with Crippen LogP contribution in [0, 0.1) is 0 Å². The molecule has 7 nitrogen and oxygen atoms in total. The van der Waals surface area contributed by atoms with Gasteiger partial charge in [-0.25, -0.2) is 32.3 Å².